The Morgan fingerprint density at radius 3 is 2.54 bits per heavy atom. The molecule has 1 unspecified atom stereocenters. The summed E-state index contributed by atoms with van der Waals surface area (Å²) in [6.45, 7) is 5.24. The Morgan fingerprint density at radius 2 is 1.89 bits per heavy atom. The van der Waals surface area contributed by atoms with Gasteiger partial charge in [-0.15, -0.1) is 10.2 Å². The molecule has 7 heteroatoms. The van der Waals surface area contributed by atoms with Gasteiger partial charge in [0.15, 0.2) is 11.5 Å². The molecule has 0 bridgehead atoms. The van der Waals surface area contributed by atoms with E-state index in [-0.39, 0.29) is 17.6 Å². The van der Waals surface area contributed by atoms with Crippen LogP contribution in [-0.4, -0.2) is 41.3 Å². The predicted molar refractivity (Wildman–Crippen MR) is 108 cm³/mol. The number of carbonyl (C=O) groups is 2. The smallest absolute Gasteiger partial charge is 0.338 e. The van der Waals surface area contributed by atoms with Gasteiger partial charge in [-0.3, -0.25) is 4.79 Å². The van der Waals surface area contributed by atoms with Crippen molar-refractivity contribution in [2.75, 3.05) is 23.4 Å². The summed E-state index contributed by atoms with van der Waals surface area (Å²) in [5.41, 5.74) is 1.27. The van der Waals surface area contributed by atoms with Crippen LogP contribution in [0.2, 0.25) is 0 Å². The lowest BCUT2D eigenvalue weighted by Crippen LogP contribution is -2.39. The summed E-state index contributed by atoms with van der Waals surface area (Å²) in [6.07, 6.45) is 4.65. The molecular weight excluding hydrogens is 356 g/mol. The Morgan fingerprint density at radius 1 is 1.11 bits per heavy atom. The van der Waals surface area contributed by atoms with Gasteiger partial charge in [0.05, 0.1) is 12.2 Å². The van der Waals surface area contributed by atoms with Crippen LogP contribution in [0.4, 0.5) is 11.5 Å². The predicted octanol–water partition coefficient (Wildman–Crippen LogP) is 3.67. The standard InChI is InChI=1S/C21H26N4O3/c1-3-17-7-5-6-14-25(17)19-13-12-18(23-24-19)20(26)22-16-10-8-15(9-11-16)21(27)28-4-2/h8-13,17H,3-7,14H2,1-2H3,(H,22,26). The van der Waals surface area contributed by atoms with Gasteiger partial charge < -0.3 is 15.0 Å². The van der Waals surface area contributed by atoms with Crippen LogP contribution in [0.3, 0.4) is 0 Å². The minimum absolute atomic E-state index is 0.253. The maximum absolute atomic E-state index is 12.4. The molecule has 0 spiro atoms. The SMILES string of the molecule is CCOC(=O)c1ccc(NC(=O)c2ccc(N3CCCCC3CC)nn2)cc1. The van der Waals surface area contributed by atoms with Crippen molar-refractivity contribution in [2.24, 2.45) is 0 Å². The second-order valence-corrected chi connectivity index (χ2v) is 6.78. The first-order chi connectivity index (χ1) is 13.6. The van der Waals surface area contributed by atoms with Gasteiger partial charge in [0.2, 0.25) is 0 Å². The average Bonchev–Trinajstić information content (AvgIpc) is 2.74. The second-order valence-electron chi connectivity index (χ2n) is 6.78. The zero-order chi connectivity index (χ0) is 19.9. The van der Waals surface area contributed by atoms with E-state index in [0.717, 1.165) is 25.2 Å². The Bertz CT molecular complexity index is 805. The van der Waals surface area contributed by atoms with Crippen molar-refractivity contribution in [2.45, 2.75) is 45.6 Å². The number of rotatable bonds is 6. The van der Waals surface area contributed by atoms with Gasteiger partial charge in [-0.25, -0.2) is 4.79 Å². The Kier molecular flexibility index (Phi) is 6.57. The zero-order valence-corrected chi connectivity index (χ0v) is 16.4. The molecular formula is C21H26N4O3. The molecule has 1 fully saturated rings. The van der Waals surface area contributed by atoms with Crippen molar-refractivity contribution < 1.29 is 14.3 Å². The van der Waals surface area contributed by atoms with Gasteiger partial charge in [-0.1, -0.05) is 6.92 Å². The highest BCUT2D eigenvalue weighted by atomic mass is 16.5. The summed E-state index contributed by atoms with van der Waals surface area (Å²) < 4.78 is 4.95. The van der Waals surface area contributed by atoms with E-state index in [4.69, 9.17) is 4.74 Å². The molecule has 148 valence electrons. The third-order valence-electron chi connectivity index (χ3n) is 4.93. The molecule has 2 heterocycles. The molecule has 28 heavy (non-hydrogen) atoms. The second kappa shape index (κ2) is 9.30. The molecule has 1 aromatic heterocycles. The molecule has 0 aliphatic carbocycles. The highest BCUT2D eigenvalue weighted by Crippen LogP contribution is 2.24. The summed E-state index contributed by atoms with van der Waals surface area (Å²) in [4.78, 5) is 26.4. The molecule has 1 saturated heterocycles. The van der Waals surface area contributed by atoms with E-state index in [1.54, 1.807) is 37.3 Å². The quantitative estimate of drug-likeness (QED) is 0.767. The van der Waals surface area contributed by atoms with Crippen LogP contribution >= 0.6 is 0 Å². The highest BCUT2D eigenvalue weighted by molar-refractivity contribution is 6.03. The number of aromatic nitrogens is 2. The van der Waals surface area contributed by atoms with Crippen molar-refractivity contribution in [3.63, 3.8) is 0 Å². The number of nitrogens with zero attached hydrogens (tertiary/aromatic N) is 3. The number of nitrogens with one attached hydrogen (secondary N) is 1. The third-order valence-corrected chi connectivity index (χ3v) is 4.93. The van der Waals surface area contributed by atoms with Crippen LogP contribution in [-0.2, 0) is 4.74 Å². The number of piperidine rings is 1. The molecule has 1 aliphatic heterocycles. The molecule has 1 N–H and O–H groups in total. The van der Waals surface area contributed by atoms with Gasteiger partial charge in [-0.05, 0) is 69.0 Å². The topological polar surface area (TPSA) is 84.4 Å². The maximum Gasteiger partial charge on any atom is 0.338 e. The molecule has 0 saturated carbocycles. The molecule has 0 radical (unpaired) electrons. The lowest BCUT2D eigenvalue weighted by molar-refractivity contribution is 0.0526. The average molecular weight is 382 g/mol. The fourth-order valence-electron chi connectivity index (χ4n) is 3.43. The molecule has 1 atom stereocenters. The minimum Gasteiger partial charge on any atom is -0.462 e. The van der Waals surface area contributed by atoms with Gasteiger partial charge >= 0.3 is 5.97 Å². The first-order valence-corrected chi connectivity index (χ1v) is 9.81. The lowest BCUT2D eigenvalue weighted by Gasteiger charge is -2.35. The molecule has 2 aromatic rings. The first-order valence-electron chi connectivity index (χ1n) is 9.81. The van der Waals surface area contributed by atoms with E-state index in [9.17, 15) is 9.59 Å². The highest BCUT2D eigenvalue weighted by Gasteiger charge is 2.22. The number of benzene rings is 1. The number of hydrogen-bond donors (Lipinski definition) is 1. The Balaban J connectivity index is 1.64. The summed E-state index contributed by atoms with van der Waals surface area (Å²) in [6, 6.07) is 10.6. The number of hydrogen-bond acceptors (Lipinski definition) is 6. The van der Waals surface area contributed by atoms with E-state index < -0.39 is 0 Å². The van der Waals surface area contributed by atoms with Gasteiger partial charge in [0.25, 0.3) is 5.91 Å². The lowest BCUT2D eigenvalue weighted by atomic mass is 10.0. The van der Waals surface area contributed by atoms with E-state index in [0.29, 0.717) is 23.9 Å². The normalized spacial score (nSPS) is 16.5. The van der Waals surface area contributed by atoms with Gasteiger partial charge in [-0.2, -0.15) is 0 Å². The third kappa shape index (κ3) is 4.65. The van der Waals surface area contributed by atoms with Crippen LogP contribution in [0.5, 0.6) is 0 Å². The molecule has 1 amide bonds. The molecule has 3 rings (SSSR count). The van der Waals surface area contributed by atoms with E-state index in [1.165, 1.54) is 12.8 Å². The Labute approximate surface area is 165 Å². The van der Waals surface area contributed by atoms with Crippen LogP contribution in [0.15, 0.2) is 36.4 Å². The number of esters is 1. The van der Waals surface area contributed by atoms with E-state index >= 15 is 0 Å². The zero-order valence-electron chi connectivity index (χ0n) is 16.4. The monoisotopic (exact) mass is 382 g/mol. The number of ether oxygens (including phenoxy) is 1. The molecule has 1 aromatic carbocycles. The fourth-order valence-corrected chi connectivity index (χ4v) is 3.43. The van der Waals surface area contributed by atoms with E-state index in [1.807, 2.05) is 6.07 Å². The summed E-state index contributed by atoms with van der Waals surface area (Å²) in [5, 5.41) is 11.2. The first kappa shape index (κ1) is 19.8. The van der Waals surface area contributed by atoms with Gasteiger partial charge in [0, 0.05) is 18.3 Å². The summed E-state index contributed by atoms with van der Waals surface area (Å²) >= 11 is 0. The summed E-state index contributed by atoms with van der Waals surface area (Å²) in [7, 11) is 0. The van der Waals surface area contributed by atoms with E-state index in [2.05, 4.69) is 27.3 Å². The number of anilines is 2. The van der Waals surface area contributed by atoms with Crippen LogP contribution in [0.1, 0.15) is 60.4 Å². The van der Waals surface area contributed by atoms with Crippen molar-refractivity contribution in [3.05, 3.63) is 47.7 Å². The largest absolute Gasteiger partial charge is 0.462 e. The molecule has 7 nitrogen and oxygen atoms in total. The van der Waals surface area contributed by atoms with Crippen LogP contribution in [0, 0.1) is 0 Å². The van der Waals surface area contributed by atoms with Crippen molar-refractivity contribution in [3.8, 4) is 0 Å². The maximum atomic E-state index is 12.4. The van der Waals surface area contributed by atoms with Crippen molar-refractivity contribution >= 4 is 23.4 Å². The number of amides is 1. The minimum atomic E-state index is -0.384. The van der Waals surface area contributed by atoms with Gasteiger partial charge in [0.1, 0.15) is 0 Å². The van der Waals surface area contributed by atoms with Crippen LogP contribution in [0.25, 0.3) is 0 Å². The fraction of sp³-hybridized carbons (Fsp3) is 0.429. The Hall–Kier alpha value is -2.96. The van der Waals surface area contributed by atoms with Crippen molar-refractivity contribution in [1.82, 2.24) is 10.2 Å². The molecule has 1 aliphatic rings. The number of carbonyl (C=O) groups excluding carboxylic acids is 2. The van der Waals surface area contributed by atoms with Crippen LogP contribution < -0.4 is 10.2 Å². The van der Waals surface area contributed by atoms with Crippen molar-refractivity contribution in [1.29, 1.82) is 0 Å². The summed E-state index contributed by atoms with van der Waals surface area (Å²) in [5.74, 6) is 0.0976.